The Morgan fingerprint density at radius 3 is 2.68 bits per heavy atom. The smallest absolute Gasteiger partial charge is 0.306 e. The molecule has 25 heavy (non-hydrogen) atoms. The number of esters is 1. The Labute approximate surface area is 153 Å². The van der Waals surface area contributed by atoms with Crippen LogP contribution in [-0.2, 0) is 14.3 Å². The van der Waals surface area contributed by atoms with Crippen LogP contribution in [0.15, 0.2) is 36.4 Å². The number of benzene rings is 1. The van der Waals surface area contributed by atoms with E-state index in [4.69, 9.17) is 21.6 Å². The van der Waals surface area contributed by atoms with Gasteiger partial charge in [0.05, 0.1) is 27.3 Å². The second-order valence-corrected chi connectivity index (χ2v) is 6.64. The lowest BCUT2D eigenvalue weighted by molar-refractivity contribution is -0.147. The average molecular weight is 377 g/mol. The summed E-state index contributed by atoms with van der Waals surface area (Å²) >= 11 is 6.90. The number of hydrogen-bond acceptors (Lipinski definition) is 6. The van der Waals surface area contributed by atoms with Gasteiger partial charge in [-0.25, -0.2) is 0 Å². The molecular weight excluding hydrogens is 364 g/mol. The molecule has 1 aromatic heterocycles. The van der Waals surface area contributed by atoms with Crippen molar-refractivity contribution in [2.75, 3.05) is 11.9 Å². The van der Waals surface area contributed by atoms with Gasteiger partial charge in [-0.15, -0.1) is 11.3 Å². The normalized spacial score (nSPS) is 9.92. The first-order chi connectivity index (χ1) is 12.0. The van der Waals surface area contributed by atoms with Gasteiger partial charge in [-0.1, -0.05) is 17.7 Å². The minimum Gasteiger partial charge on any atom is -0.456 e. The van der Waals surface area contributed by atoms with Crippen LogP contribution in [0.4, 0.5) is 5.69 Å². The quantitative estimate of drug-likeness (QED) is 0.590. The molecule has 0 spiro atoms. The first kappa shape index (κ1) is 18.6. The van der Waals surface area contributed by atoms with Crippen LogP contribution >= 0.6 is 22.9 Å². The molecule has 0 atom stereocenters. The number of nitrogens with one attached hydrogen (secondary N) is 1. The molecule has 0 saturated carbocycles. The van der Waals surface area contributed by atoms with Gasteiger partial charge in [0.2, 0.25) is 0 Å². The largest absolute Gasteiger partial charge is 0.456 e. The lowest BCUT2D eigenvalue weighted by Crippen LogP contribution is -2.21. The molecule has 0 aliphatic heterocycles. The maximum atomic E-state index is 11.8. The number of Topliss-reactive ketones (excluding diaryl/α,β-unsaturated/α-hetero) is 1. The second-order valence-electron chi connectivity index (χ2n) is 4.93. The average Bonchev–Trinajstić information content (AvgIpc) is 3.04. The fraction of sp³-hybridized carbons (Fsp3) is 0.176. The van der Waals surface area contributed by atoms with E-state index >= 15 is 0 Å². The number of nitriles is 1. The minimum absolute atomic E-state index is 0.0124. The lowest BCUT2D eigenvalue weighted by Gasteiger charge is -2.06. The molecule has 0 aliphatic carbocycles. The number of hydrogen-bond donors (Lipinski definition) is 1. The SMILES string of the molecule is N#Cc1cccc(NC(=O)COC(=O)CCC(=O)c2ccc(Cl)s2)c1. The molecule has 0 bridgehead atoms. The molecule has 8 heteroatoms. The first-order valence-electron chi connectivity index (χ1n) is 7.22. The number of ketones is 1. The third-order valence-corrected chi connectivity index (χ3v) is 4.32. The Kier molecular flexibility index (Phi) is 6.69. The van der Waals surface area contributed by atoms with Gasteiger partial charge in [0.15, 0.2) is 12.4 Å². The molecule has 1 heterocycles. The van der Waals surface area contributed by atoms with Gasteiger partial charge in [-0.2, -0.15) is 5.26 Å². The molecule has 1 amide bonds. The van der Waals surface area contributed by atoms with Crippen molar-refractivity contribution in [1.82, 2.24) is 0 Å². The Morgan fingerprint density at radius 2 is 2.00 bits per heavy atom. The van der Waals surface area contributed by atoms with E-state index in [-0.39, 0.29) is 18.6 Å². The summed E-state index contributed by atoms with van der Waals surface area (Å²) in [6.07, 6.45) is -0.132. The number of carbonyl (C=O) groups is 3. The molecule has 0 aliphatic rings. The zero-order valence-electron chi connectivity index (χ0n) is 13.0. The van der Waals surface area contributed by atoms with Gasteiger partial charge in [-0.3, -0.25) is 14.4 Å². The van der Waals surface area contributed by atoms with E-state index < -0.39 is 18.5 Å². The van der Waals surface area contributed by atoms with Crippen molar-refractivity contribution < 1.29 is 19.1 Å². The highest BCUT2D eigenvalue weighted by molar-refractivity contribution is 7.18. The second kappa shape index (κ2) is 8.97. The molecule has 0 unspecified atom stereocenters. The van der Waals surface area contributed by atoms with Crippen molar-refractivity contribution in [1.29, 1.82) is 5.26 Å². The highest BCUT2D eigenvalue weighted by Crippen LogP contribution is 2.22. The Bertz CT molecular complexity index is 841. The fourth-order valence-electron chi connectivity index (χ4n) is 1.88. The maximum Gasteiger partial charge on any atom is 0.306 e. The Balaban J connectivity index is 1.73. The molecule has 1 N–H and O–H groups in total. The van der Waals surface area contributed by atoms with E-state index in [0.717, 1.165) is 11.3 Å². The number of anilines is 1. The van der Waals surface area contributed by atoms with Gasteiger partial charge in [0.1, 0.15) is 0 Å². The van der Waals surface area contributed by atoms with Crippen LogP contribution in [0.3, 0.4) is 0 Å². The molecule has 0 radical (unpaired) electrons. The predicted molar refractivity (Wildman–Crippen MR) is 93.6 cm³/mol. The summed E-state index contributed by atoms with van der Waals surface area (Å²) in [7, 11) is 0. The van der Waals surface area contributed by atoms with Crippen LogP contribution in [0.5, 0.6) is 0 Å². The topological polar surface area (TPSA) is 96.3 Å². The van der Waals surface area contributed by atoms with Crippen molar-refractivity contribution >= 4 is 46.3 Å². The van der Waals surface area contributed by atoms with Crippen molar-refractivity contribution in [3.8, 4) is 6.07 Å². The van der Waals surface area contributed by atoms with E-state index in [1.165, 1.54) is 6.07 Å². The van der Waals surface area contributed by atoms with Crippen molar-refractivity contribution in [2.45, 2.75) is 12.8 Å². The Hall–Kier alpha value is -2.69. The summed E-state index contributed by atoms with van der Waals surface area (Å²) in [5, 5.41) is 11.3. The predicted octanol–water partition coefficient (Wildman–Crippen LogP) is 3.42. The molecule has 2 aromatic rings. The van der Waals surface area contributed by atoms with Crippen LogP contribution in [0.1, 0.15) is 28.1 Å². The molecule has 6 nitrogen and oxygen atoms in total. The molecule has 0 fully saturated rings. The van der Waals surface area contributed by atoms with Gasteiger partial charge in [-0.05, 0) is 30.3 Å². The summed E-state index contributed by atoms with van der Waals surface area (Å²) < 4.78 is 5.34. The first-order valence-corrected chi connectivity index (χ1v) is 8.41. The molecule has 1 aromatic carbocycles. The number of rotatable bonds is 7. The summed E-state index contributed by atoms with van der Waals surface area (Å²) in [5.41, 5.74) is 0.840. The third-order valence-electron chi connectivity index (χ3n) is 3.04. The zero-order valence-corrected chi connectivity index (χ0v) is 14.5. The van der Waals surface area contributed by atoms with E-state index in [9.17, 15) is 14.4 Å². The van der Waals surface area contributed by atoms with Crippen LogP contribution in [0, 0.1) is 11.3 Å². The van der Waals surface area contributed by atoms with Crippen LogP contribution < -0.4 is 5.32 Å². The molecular formula is C17H13ClN2O4S. The molecule has 2 rings (SSSR count). The maximum absolute atomic E-state index is 11.8. The zero-order chi connectivity index (χ0) is 18.2. The van der Waals surface area contributed by atoms with E-state index in [1.807, 2.05) is 6.07 Å². The number of carbonyl (C=O) groups excluding carboxylic acids is 3. The van der Waals surface area contributed by atoms with Gasteiger partial charge >= 0.3 is 5.97 Å². The van der Waals surface area contributed by atoms with Gasteiger partial charge in [0, 0.05) is 12.1 Å². The lowest BCUT2D eigenvalue weighted by atomic mass is 10.2. The molecule has 128 valence electrons. The highest BCUT2D eigenvalue weighted by Gasteiger charge is 2.13. The Morgan fingerprint density at radius 1 is 1.20 bits per heavy atom. The van der Waals surface area contributed by atoms with E-state index in [0.29, 0.717) is 20.5 Å². The number of ether oxygens (including phenoxy) is 1. The van der Waals surface area contributed by atoms with Crippen molar-refractivity contribution in [2.24, 2.45) is 0 Å². The number of nitrogens with zero attached hydrogens (tertiary/aromatic N) is 1. The number of halogens is 1. The standard InChI is InChI=1S/C17H13ClN2O4S/c18-15-6-5-14(25-15)13(21)4-7-17(23)24-10-16(22)20-12-3-1-2-11(8-12)9-19/h1-3,5-6,8H,4,7,10H2,(H,20,22). The van der Waals surface area contributed by atoms with Crippen LogP contribution in [0.25, 0.3) is 0 Å². The highest BCUT2D eigenvalue weighted by atomic mass is 35.5. The van der Waals surface area contributed by atoms with Gasteiger partial charge < -0.3 is 10.1 Å². The molecule has 0 saturated heterocycles. The number of thiophene rings is 1. The van der Waals surface area contributed by atoms with Crippen molar-refractivity contribution in [3.63, 3.8) is 0 Å². The van der Waals surface area contributed by atoms with Crippen LogP contribution in [0.2, 0.25) is 4.34 Å². The monoisotopic (exact) mass is 376 g/mol. The third kappa shape index (κ3) is 6.03. The van der Waals surface area contributed by atoms with Crippen molar-refractivity contribution in [3.05, 3.63) is 51.2 Å². The fourth-order valence-corrected chi connectivity index (χ4v) is 2.90. The summed E-state index contributed by atoms with van der Waals surface area (Å²) in [6.45, 7) is -0.464. The minimum atomic E-state index is -0.642. The summed E-state index contributed by atoms with van der Waals surface area (Å²) in [4.78, 5) is 35.7. The summed E-state index contributed by atoms with van der Waals surface area (Å²) in [5.74, 6) is -1.37. The van der Waals surface area contributed by atoms with Gasteiger partial charge in [0.25, 0.3) is 5.91 Å². The number of amides is 1. The van der Waals surface area contributed by atoms with Crippen LogP contribution in [-0.4, -0.2) is 24.3 Å². The van der Waals surface area contributed by atoms with E-state index in [1.54, 1.807) is 30.3 Å². The van der Waals surface area contributed by atoms with E-state index in [2.05, 4.69) is 5.32 Å². The summed E-state index contributed by atoms with van der Waals surface area (Å²) in [6, 6.07) is 11.5.